The van der Waals surface area contributed by atoms with Gasteiger partial charge in [0.1, 0.15) is 5.75 Å². The van der Waals surface area contributed by atoms with Gasteiger partial charge < -0.3 is 14.4 Å². The van der Waals surface area contributed by atoms with E-state index in [1.165, 1.54) is 0 Å². The minimum atomic E-state index is 0.221. The highest BCUT2D eigenvalue weighted by Crippen LogP contribution is 2.19. The Morgan fingerprint density at radius 1 is 1.35 bits per heavy atom. The Labute approximate surface area is 124 Å². The quantitative estimate of drug-likeness (QED) is 0.726. The standard InChI is InChI=1S/C15H20ClNO3/c1-19-11-12-9-15(18)17(10-12)7-2-8-20-14-5-3-13(16)4-6-14/h3-6,12H,2,7-11H2,1H3. The molecule has 1 aromatic rings. The number of benzene rings is 1. The van der Waals surface area contributed by atoms with Crippen molar-refractivity contribution in [1.29, 1.82) is 0 Å². The highest BCUT2D eigenvalue weighted by Gasteiger charge is 2.28. The van der Waals surface area contributed by atoms with Crippen LogP contribution >= 0.6 is 11.6 Å². The van der Waals surface area contributed by atoms with Crippen LogP contribution in [0.1, 0.15) is 12.8 Å². The highest BCUT2D eigenvalue weighted by atomic mass is 35.5. The summed E-state index contributed by atoms with van der Waals surface area (Å²) in [6, 6.07) is 7.29. The highest BCUT2D eigenvalue weighted by molar-refractivity contribution is 6.30. The SMILES string of the molecule is COCC1CC(=O)N(CCCOc2ccc(Cl)cc2)C1. The van der Waals surface area contributed by atoms with Crippen molar-refractivity contribution in [1.82, 2.24) is 4.90 Å². The number of ether oxygens (including phenoxy) is 2. The van der Waals surface area contributed by atoms with Crippen LogP contribution in [0, 0.1) is 5.92 Å². The maximum absolute atomic E-state index is 11.8. The number of amides is 1. The number of hydrogen-bond acceptors (Lipinski definition) is 3. The normalized spacial score (nSPS) is 18.6. The first kappa shape index (κ1) is 15.1. The number of methoxy groups -OCH3 is 1. The Morgan fingerprint density at radius 2 is 2.10 bits per heavy atom. The van der Waals surface area contributed by atoms with Gasteiger partial charge in [0.2, 0.25) is 5.91 Å². The van der Waals surface area contributed by atoms with E-state index in [4.69, 9.17) is 21.1 Å². The Hall–Kier alpha value is -1.26. The van der Waals surface area contributed by atoms with Crippen LogP contribution in [0.4, 0.5) is 0 Å². The molecule has 0 N–H and O–H groups in total. The molecule has 1 aliphatic rings. The van der Waals surface area contributed by atoms with Gasteiger partial charge in [0.25, 0.3) is 0 Å². The first-order valence-corrected chi connectivity index (χ1v) is 7.22. The number of hydrogen-bond donors (Lipinski definition) is 0. The van der Waals surface area contributed by atoms with Crippen LogP contribution < -0.4 is 4.74 Å². The average Bonchev–Trinajstić information content (AvgIpc) is 2.77. The molecule has 1 saturated heterocycles. The van der Waals surface area contributed by atoms with E-state index in [1.54, 1.807) is 19.2 Å². The zero-order chi connectivity index (χ0) is 14.4. The molecule has 20 heavy (non-hydrogen) atoms. The third-order valence-corrected chi connectivity index (χ3v) is 3.60. The van der Waals surface area contributed by atoms with E-state index in [0.29, 0.717) is 30.6 Å². The molecular formula is C15H20ClNO3. The summed E-state index contributed by atoms with van der Waals surface area (Å²) in [5.74, 6) is 1.36. The van der Waals surface area contributed by atoms with Crippen molar-refractivity contribution in [3.8, 4) is 5.75 Å². The van der Waals surface area contributed by atoms with Gasteiger partial charge >= 0.3 is 0 Å². The van der Waals surface area contributed by atoms with Crippen molar-refractivity contribution in [2.75, 3.05) is 33.4 Å². The van der Waals surface area contributed by atoms with Crippen molar-refractivity contribution in [3.63, 3.8) is 0 Å². The van der Waals surface area contributed by atoms with E-state index in [0.717, 1.165) is 25.3 Å². The van der Waals surface area contributed by atoms with E-state index in [-0.39, 0.29) is 5.91 Å². The van der Waals surface area contributed by atoms with Gasteiger partial charge in [0.05, 0.1) is 13.2 Å². The molecule has 1 fully saturated rings. The van der Waals surface area contributed by atoms with E-state index in [2.05, 4.69) is 0 Å². The van der Waals surface area contributed by atoms with Gasteiger partial charge in [-0.25, -0.2) is 0 Å². The lowest BCUT2D eigenvalue weighted by atomic mass is 10.1. The molecule has 4 nitrogen and oxygen atoms in total. The van der Waals surface area contributed by atoms with Crippen molar-refractivity contribution < 1.29 is 14.3 Å². The Kier molecular flexibility index (Phi) is 5.68. The molecule has 0 bridgehead atoms. The predicted octanol–water partition coefficient (Wildman–Crippen LogP) is 2.60. The lowest BCUT2D eigenvalue weighted by Crippen LogP contribution is -2.27. The Balaban J connectivity index is 1.66. The summed E-state index contributed by atoms with van der Waals surface area (Å²) in [5, 5.41) is 0.698. The van der Waals surface area contributed by atoms with Gasteiger partial charge in [-0.15, -0.1) is 0 Å². The molecule has 0 radical (unpaired) electrons. The number of nitrogens with zero attached hydrogens (tertiary/aromatic N) is 1. The zero-order valence-corrected chi connectivity index (χ0v) is 12.4. The van der Waals surface area contributed by atoms with Crippen LogP contribution in [-0.2, 0) is 9.53 Å². The summed E-state index contributed by atoms with van der Waals surface area (Å²) < 4.78 is 10.7. The first-order valence-electron chi connectivity index (χ1n) is 6.84. The number of likely N-dealkylation sites (tertiary alicyclic amines) is 1. The molecule has 1 amide bonds. The van der Waals surface area contributed by atoms with E-state index in [1.807, 2.05) is 17.0 Å². The topological polar surface area (TPSA) is 38.8 Å². The van der Waals surface area contributed by atoms with Crippen molar-refractivity contribution in [2.24, 2.45) is 5.92 Å². The fraction of sp³-hybridized carbons (Fsp3) is 0.533. The van der Waals surface area contributed by atoms with Crippen molar-refractivity contribution in [2.45, 2.75) is 12.8 Å². The van der Waals surface area contributed by atoms with Crippen molar-refractivity contribution >= 4 is 17.5 Å². The lowest BCUT2D eigenvalue weighted by molar-refractivity contribution is -0.127. The van der Waals surface area contributed by atoms with Crippen LogP contribution in [0.2, 0.25) is 5.02 Å². The molecule has 2 rings (SSSR count). The minimum Gasteiger partial charge on any atom is -0.494 e. The Bertz CT molecular complexity index is 435. The number of halogens is 1. The molecule has 0 aliphatic carbocycles. The third-order valence-electron chi connectivity index (χ3n) is 3.35. The van der Waals surface area contributed by atoms with Crippen LogP contribution in [-0.4, -0.2) is 44.2 Å². The summed E-state index contributed by atoms with van der Waals surface area (Å²) in [6.45, 7) is 2.80. The summed E-state index contributed by atoms with van der Waals surface area (Å²) in [5.41, 5.74) is 0. The van der Waals surface area contributed by atoms with Crippen LogP contribution in [0.5, 0.6) is 5.75 Å². The molecule has 1 heterocycles. The van der Waals surface area contributed by atoms with Crippen molar-refractivity contribution in [3.05, 3.63) is 29.3 Å². The molecule has 1 atom stereocenters. The summed E-state index contributed by atoms with van der Waals surface area (Å²) >= 11 is 5.80. The second-order valence-electron chi connectivity index (χ2n) is 5.02. The second kappa shape index (κ2) is 7.50. The van der Waals surface area contributed by atoms with Gasteiger partial charge in [-0.2, -0.15) is 0 Å². The molecule has 1 aliphatic heterocycles. The van der Waals surface area contributed by atoms with Gasteiger partial charge in [-0.05, 0) is 30.7 Å². The first-order chi connectivity index (χ1) is 9.69. The van der Waals surface area contributed by atoms with E-state index < -0.39 is 0 Å². The summed E-state index contributed by atoms with van der Waals surface area (Å²) in [7, 11) is 1.67. The number of carbonyl (C=O) groups excluding carboxylic acids is 1. The molecule has 0 saturated carbocycles. The maximum Gasteiger partial charge on any atom is 0.223 e. The average molecular weight is 298 g/mol. The lowest BCUT2D eigenvalue weighted by Gasteiger charge is -2.16. The molecule has 0 spiro atoms. The summed E-state index contributed by atoms with van der Waals surface area (Å²) in [4.78, 5) is 13.7. The number of carbonyl (C=O) groups is 1. The molecule has 1 unspecified atom stereocenters. The monoisotopic (exact) mass is 297 g/mol. The molecular weight excluding hydrogens is 278 g/mol. The van der Waals surface area contributed by atoms with Crippen LogP contribution in [0.3, 0.4) is 0 Å². The molecule has 5 heteroatoms. The summed E-state index contributed by atoms with van der Waals surface area (Å²) in [6.07, 6.45) is 1.43. The van der Waals surface area contributed by atoms with Gasteiger partial charge in [-0.1, -0.05) is 11.6 Å². The Morgan fingerprint density at radius 3 is 2.80 bits per heavy atom. The van der Waals surface area contributed by atoms with Gasteiger partial charge in [0.15, 0.2) is 0 Å². The van der Waals surface area contributed by atoms with Crippen LogP contribution in [0.25, 0.3) is 0 Å². The fourth-order valence-electron chi connectivity index (χ4n) is 2.39. The minimum absolute atomic E-state index is 0.221. The molecule has 0 aromatic heterocycles. The molecule has 1 aromatic carbocycles. The van der Waals surface area contributed by atoms with Crippen LogP contribution in [0.15, 0.2) is 24.3 Å². The smallest absolute Gasteiger partial charge is 0.223 e. The van der Waals surface area contributed by atoms with Gasteiger partial charge in [0, 0.05) is 37.6 Å². The third kappa shape index (κ3) is 4.39. The van der Waals surface area contributed by atoms with E-state index >= 15 is 0 Å². The maximum atomic E-state index is 11.8. The predicted molar refractivity (Wildman–Crippen MR) is 78.1 cm³/mol. The largest absolute Gasteiger partial charge is 0.494 e. The molecule has 110 valence electrons. The fourth-order valence-corrected chi connectivity index (χ4v) is 2.52. The second-order valence-corrected chi connectivity index (χ2v) is 5.46. The van der Waals surface area contributed by atoms with E-state index in [9.17, 15) is 4.79 Å². The number of rotatable bonds is 7. The zero-order valence-electron chi connectivity index (χ0n) is 11.7. The van der Waals surface area contributed by atoms with Gasteiger partial charge in [-0.3, -0.25) is 4.79 Å².